The predicted molar refractivity (Wildman–Crippen MR) is 123 cm³/mol. The van der Waals surface area contributed by atoms with Crippen molar-refractivity contribution in [3.63, 3.8) is 0 Å². The molecular weight excluding hydrogens is 459 g/mol. The number of nitrogens with one attached hydrogen (secondary N) is 1. The Morgan fingerprint density at radius 2 is 2.03 bits per heavy atom. The quantitative estimate of drug-likeness (QED) is 0.573. The number of benzene rings is 2. The topological polar surface area (TPSA) is 75.7 Å². The Kier molecular flexibility index (Phi) is 8.22. The van der Waals surface area contributed by atoms with Crippen LogP contribution in [0.1, 0.15) is 24.0 Å². The number of carbonyl (C=O) groups excluding carboxylic acids is 1. The van der Waals surface area contributed by atoms with Crippen LogP contribution in [0.4, 0.5) is 0 Å². The number of nitrogens with zero attached hydrogens (tertiary/aromatic N) is 1. The number of carbonyl (C=O) groups is 1. The molecule has 1 unspecified atom stereocenters. The van der Waals surface area contributed by atoms with Crippen LogP contribution in [0, 0.1) is 12.8 Å². The van der Waals surface area contributed by atoms with E-state index in [9.17, 15) is 13.2 Å². The maximum atomic E-state index is 12.8. The standard InChI is InChI=1S/C22H26Cl2N2O4S/c1-16-7-8-20(13-21(16)24)30-11-9-25-22(27)18-5-3-10-26(14-18)31(28,29)15-17-4-2-6-19(23)12-17/h2,4,6-8,12-13,18H,3,5,9-11,14-15H2,1H3,(H,25,27). The number of amides is 1. The van der Waals surface area contributed by atoms with Gasteiger partial charge in [-0.3, -0.25) is 4.79 Å². The maximum absolute atomic E-state index is 12.8. The van der Waals surface area contributed by atoms with Gasteiger partial charge < -0.3 is 10.1 Å². The van der Waals surface area contributed by atoms with Crippen molar-refractivity contribution in [1.29, 1.82) is 0 Å². The predicted octanol–water partition coefficient (Wildman–Crippen LogP) is 4.04. The van der Waals surface area contributed by atoms with Crippen molar-refractivity contribution >= 4 is 39.1 Å². The lowest BCUT2D eigenvalue weighted by molar-refractivity contribution is -0.126. The number of sulfonamides is 1. The molecule has 0 spiro atoms. The van der Waals surface area contributed by atoms with Gasteiger partial charge in [-0.1, -0.05) is 41.4 Å². The van der Waals surface area contributed by atoms with Gasteiger partial charge >= 0.3 is 0 Å². The smallest absolute Gasteiger partial charge is 0.224 e. The first-order valence-corrected chi connectivity index (χ1v) is 12.5. The number of rotatable bonds is 8. The van der Waals surface area contributed by atoms with E-state index < -0.39 is 10.0 Å². The second-order valence-corrected chi connectivity index (χ2v) is 10.4. The van der Waals surface area contributed by atoms with Crippen molar-refractivity contribution in [2.45, 2.75) is 25.5 Å². The number of hydrogen-bond acceptors (Lipinski definition) is 4. The Morgan fingerprint density at radius 3 is 2.77 bits per heavy atom. The van der Waals surface area contributed by atoms with Crippen LogP contribution in [-0.2, 0) is 20.6 Å². The summed E-state index contributed by atoms with van der Waals surface area (Å²) in [5.41, 5.74) is 1.60. The summed E-state index contributed by atoms with van der Waals surface area (Å²) in [4.78, 5) is 12.6. The van der Waals surface area contributed by atoms with E-state index >= 15 is 0 Å². The van der Waals surface area contributed by atoms with Gasteiger partial charge in [-0.05, 0) is 55.2 Å². The van der Waals surface area contributed by atoms with Crippen LogP contribution in [0.5, 0.6) is 5.75 Å². The van der Waals surface area contributed by atoms with E-state index in [1.54, 1.807) is 30.3 Å². The molecule has 1 N–H and O–H groups in total. The van der Waals surface area contributed by atoms with Crippen molar-refractivity contribution in [2.24, 2.45) is 5.92 Å². The lowest BCUT2D eigenvalue weighted by atomic mass is 9.99. The molecule has 1 aliphatic heterocycles. The van der Waals surface area contributed by atoms with Crippen molar-refractivity contribution < 1.29 is 17.9 Å². The lowest BCUT2D eigenvalue weighted by Gasteiger charge is -2.31. The molecule has 0 radical (unpaired) electrons. The van der Waals surface area contributed by atoms with Crippen LogP contribution < -0.4 is 10.1 Å². The second kappa shape index (κ2) is 10.7. The first-order valence-electron chi connectivity index (χ1n) is 10.1. The van der Waals surface area contributed by atoms with Crippen LogP contribution in [0.2, 0.25) is 10.0 Å². The molecule has 0 aromatic heterocycles. The number of hydrogen-bond donors (Lipinski definition) is 1. The molecule has 3 rings (SSSR count). The van der Waals surface area contributed by atoms with Gasteiger partial charge in [0.05, 0.1) is 18.2 Å². The first-order chi connectivity index (χ1) is 14.7. The van der Waals surface area contributed by atoms with Gasteiger partial charge in [0.2, 0.25) is 15.9 Å². The summed E-state index contributed by atoms with van der Waals surface area (Å²) >= 11 is 12.0. The molecule has 1 fully saturated rings. The molecular formula is C22H26Cl2N2O4S. The van der Waals surface area contributed by atoms with E-state index in [0.717, 1.165) is 5.56 Å². The first kappa shape index (κ1) is 23.9. The molecule has 2 aromatic rings. The van der Waals surface area contributed by atoms with Gasteiger partial charge in [-0.15, -0.1) is 0 Å². The van der Waals surface area contributed by atoms with E-state index in [4.69, 9.17) is 27.9 Å². The maximum Gasteiger partial charge on any atom is 0.224 e. The van der Waals surface area contributed by atoms with Crippen LogP contribution in [-0.4, -0.2) is 44.9 Å². The Morgan fingerprint density at radius 1 is 1.23 bits per heavy atom. The largest absolute Gasteiger partial charge is 0.492 e. The van der Waals surface area contributed by atoms with E-state index in [0.29, 0.717) is 53.9 Å². The van der Waals surface area contributed by atoms with Crippen LogP contribution in [0.15, 0.2) is 42.5 Å². The molecule has 1 aliphatic rings. The molecule has 1 heterocycles. The third kappa shape index (κ3) is 6.84. The van der Waals surface area contributed by atoms with Gasteiger partial charge in [-0.2, -0.15) is 0 Å². The summed E-state index contributed by atoms with van der Waals surface area (Å²) in [6, 6.07) is 12.3. The molecule has 2 aromatic carbocycles. The Hall–Kier alpha value is -1.80. The van der Waals surface area contributed by atoms with E-state index in [2.05, 4.69) is 5.32 Å². The molecule has 0 saturated carbocycles. The van der Waals surface area contributed by atoms with Gasteiger partial charge in [0.1, 0.15) is 12.4 Å². The summed E-state index contributed by atoms with van der Waals surface area (Å²) in [7, 11) is -3.53. The fourth-order valence-corrected chi connectivity index (χ4v) is 5.47. The zero-order valence-electron chi connectivity index (χ0n) is 17.3. The normalized spacial score (nSPS) is 17.3. The van der Waals surface area contributed by atoms with Gasteiger partial charge in [0, 0.05) is 23.1 Å². The highest BCUT2D eigenvalue weighted by molar-refractivity contribution is 7.88. The molecule has 1 atom stereocenters. The van der Waals surface area contributed by atoms with E-state index in [-0.39, 0.29) is 24.1 Å². The average molecular weight is 485 g/mol. The number of halogens is 2. The molecule has 6 nitrogen and oxygen atoms in total. The average Bonchev–Trinajstić information content (AvgIpc) is 2.73. The zero-order valence-corrected chi connectivity index (χ0v) is 19.6. The lowest BCUT2D eigenvalue weighted by Crippen LogP contribution is -2.46. The molecule has 1 amide bonds. The third-order valence-corrected chi connectivity index (χ3v) is 7.66. The second-order valence-electron chi connectivity index (χ2n) is 7.63. The van der Waals surface area contributed by atoms with Crippen molar-refractivity contribution in [2.75, 3.05) is 26.2 Å². The minimum atomic E-state index is -3.53. The highest BCUT2D eigenvalue weighted by atomic mass is 35.5. The SMILES string of the molecule is Cc1ccc(OCCNC(=O)C2CCCN(S(=O)(=O)Cc3cccc(Cl)c3)C2)cc1Cl. The summed E-state index contributed by atoms with van der Waals surface area (Å²) in [5, 5.41) is 3.97. The minimum absolute atomic E-state index is 0.130. The summed E-state index contributed by atoms with van der Waals surface area (Å²) in [6.07, 6.45) is 1.30. The van der Waals surface area contributed by atoms with Crippen LogP contribution in [0.3, 0.4) is 0 Å². The van der Waals surface area contributed by atoms with Crippen LogP contribution >= 0.6 is 23.2 Å². The molecule has 1 saturated heterocycles. The Bertz CT molecular complexity index is 1030. The highest BCUT2D eigenvalue weighted by Crippen LogP contribution is 2.23. The number of piperidine rings is 1. The molecule has 31 heavy (non-hydrogen) atoms. The number of ether oxygens (including phenoxy) is 1. The third-order valence-electron chi connectivity index (χ3n) is 5.20. The van der Waals surface area contributed by atoms with E-state index in [1.807, 2.05) is 19.1 Å². The molecule has 168 valence electrons. The van der Waals surface area contributed by atoms with E-state index in [1.165, 1.54) is 4.31 Å². The summed E-state index contributed by atoms with van der Waals surface area (Å²) in [6.45, 7) is 3.15. The molecule has 0 bridgehead atoms. The van der Waals surface area contributed by atoms with Crippen molar-refractivity contribution in [1.82, 2.24) is 9.62 Å². The van der Waals surface area contributed by atoms with Gasteiger partial charge in [0.25, 0.3) is 0 Å². The highest BCUT2D eigenvalue weighted by Gasteiger charge is 2.32. The Labute approximate surface area is 193 Å². The molecule has 9 heteroatoms. The minimum Gasteiger partial charge on any atom is -0.492 e. The summed E-state index contributed by atoms with van der Waals surface area (Å²) in [5.74, 6) is -0.0276. The van der Waals surface area contributed by atoms with Crippen LogP contribution in [0.25, 0.3) is 0 Å². The fourth-order valence-electron chi connectivity index (χ4n) is 3.49. The van der Waals surface area contributed by atoms with Crippen molar-refractivity contribution in [3.05, 3.63) is 63.6 Å². The van der Waals surface area contributed by atoms with Gasteiger partial charge in [0.15, 0.2) is 0 Å². The molecule has 0 aliphatic carbocycles. The number of aryl methyl sites for hydroxylation is 1. The summed E-state index contributed by atoms with van der Waals surface area (Å²) < 4.78 is 32.7. The Balaban J connectivity index is 1.48. The van der Waals surface area contributed by atoms with Crippen molar-refractivity contribution in [3.8, 4) is 5.75 Å². The fraction of sp³-hybridized carbons (Fsp3) is 0.409. The monoisotopic (exact) mass is 484 g/mol. The van der Waals surface area contributed by atoms with Gasteiger partial charge in [-0.25, -0.2) is 12.7 Å². The zero-order chi connectivity index (χ0) is 22.4.